The quantitative estimate of drug-likeness (QED) is 0.300. The third-order valence-corrected chi connectivity index (χ3v) is 9.12. The smallest absolute Gasteiger partial charge is 0.336 e. The molecule has 2 aliphatic rings. The molecule has 0 radical (unpaired) electrons. The van der Waals surface area contributed by atoms with E-state index in [4.69, 9.17) is 16.6 Å². The maximum atomic E-state index is 14.4. The number of benzene rings is 2. The topological polar surface area (TPSA) is 67.2 Å². The fourth-order valence-electron chi connectivity index (χ4n) is 5.80. The van der Waals surface area contributed by atoms with Gasteiger partial charge < -0.3 is 10.2 Å². The summed E-state index contributed by atoms with van der Waals surface area (Å²) in [6, 6.07) is 13.8. The molecule has 0 aliphatic carbocycles. The van der Waals surface area contributed by atoms with E-state index in [1.54, 1.807) is 29.2 Å². The molecule has 11 heteroatoms. The molecule has 1 atom stereocenters. The summed E-state index contributed by atoms with van der Waals surface area (Å²) >= 11 is 7.30. The molecule has 0 bridgehead atoms. The molecule has 2 aromatic carbocycles. The number of carbonyl (C=O) groups is 1. The molecule has 6 nitrogen and oxygen atoms in total. The summed E-state index contributed by atoms with van der Waals surface area (Å²) in [5.41, 5.74) is 2.99. The number of pyridine rings is 1. The average molecular weight is 613 g/mol. The highest BCUT2D eigenvalue weighted by atomic mass is 35.5. The van der Waals surface area contributed by atoms with Crippen LogP contribution in [0.15, 0.2) is 58.7 Å². The standard InChI is InChI=1S/C31H28ClF3N4O2S/c1-2-18-4-3-5-20-14-21(31(33,34)35)15-26-23(29(40)38-12-10-36-11-13-38)16-24(30(41)39(26)27(18)20)28-37-25(17-42-28)19-6-8-22(32)9-7-19/h3-9,16-17,21,36H,2,10-15H2,1H3. The van der Waals surface area contributed by atoms with Gasteiger partial charge in [0.05, 0.1) is 28.4 Å². The molecule has 2 aromatic heterocycles. The number of aromatic nitrogens is 2. The Kier molecular flexibility index (Phi) is 7.72. The summed E-state index contributed by atoms with van der Waals surface area (Å²) in [7, 11) is 0. The van der Waals surface area contributed by atoms with Gasteiger partial charge in [0.15, 0.2) is 0 Å². The molecule has 1 N–H and O–H groups in total. The first-order chi connectivity index (χ1) is 20.2. The van der Waals surface area contributed by atoms with Crippen LogP contribution in [0.1, 0.15) is 34.1 Å². The van der Waals surface area contributed by atoms with Crippen molar-refractivity contribution in [1.29, 1.82) is 0 Å². The molecule has 1 fully saturated rings. The van der Waals surface area contributed by atoms with Gasteiger partial charge in [-0.2, -0.15) is 13.2 Å². The van der Waals surface area contributed by atoms with E-state index in [1.807, 2.05) is 30.5 Å². The van der Waals surface area contributed by atoms with E-state index in [-0.39, 0.29) is 29.1 Å². The summed E-state index contributed by atoms with van der Waals surface area (Å²) in [6.45, 7) is 3.91. The van der Waals surface area contributed by atoms with Crippen molar-refractivity contribution in [2.24, 2.45) is 5.92 Å². The molecule has 42 heavy (non-hydrogen) atoms. The highest BCUT2D eigenvalue weighted by Gasteiger charge is 2.43. The molecule has 218 valence electrons. The lowest BCUT2D eigenvalue weighted by Gasteiger charge is -2.29. The zero-order valence-corrected chi connectivity index (χ0v) is 24.4. The second kappa shape index (κ2) is 11.3. The van der Waals surface area contributed by atoms with Gasteiger partial charge in [-0.1, -0.05) is 48.9 Å². The molecule has 1 amide bonds. The highest BCUT2D eigenvalue weighted by molar-refractivity contribution is 7.13. The number of piperazine rings is 1. The Labute approximate surface area is 249 Å². The van der Waals surface area contributed by atoms with Crippen molar-refractivity contribution in [3.63, 3.8) is 0 Å². The monoisotopic (exact) mass is 612 g/mol. The number of halogens is 4. The Morgan fingerprint density at radius 2 is 1.86 bits per heavy atom. The lowest BCUT2D eigenvalue weighted by Crippen LogP contribution is -2.47. The summed E-state index contributed by atoms with van der Waals surface area (Å²) in [4.78, 5) is 34.8. The van der Waals surface area contributed by atoms with Crippen LogP contribution in [-0.4, -0.2) is 52.7 Å². The highest BCUT2D eigenvalue weighted by Crippen LogP contribution is 2.39. The maximum absolute atomic E-state index is 14.4. The summed E-state index contributed by atoms with van der Waals surface area (Å²) in [6.07, 6.45) is -4.75. The predicted octanol–water partition coefficient (Wildman–Crippen LogP) is 6.17. The van der Waals surface area contributed by atoms with E-state index in [1.165, 1.54) is 22.0 Å². The SMILES string of the molecule is CCc1cccc2c1-n1c(c(C(=O)N3CCNCC3)cc(-c3nc(-c4ccc(Cl)cc4)cs3)c1=O)CC(C(F)(F)F)C2. The molecule has 6 rings (SSSR count). The van der Waals surface area contributed by atoms with Gasteiger partial charge in [-0.05, 0) is 42.2 Å². The van der Waals surface area contributed by atoms with Crippen LogP contribution in [0.4, 0.5) is 13.2 Å². The second-order valence-electron chi connectivity index (χ2n) is 10.6. The number of para-hydroxylation sites is 1. The van der Waals surface area contributed by atoms with Gasteiger partial charge in [0, 0.05) is 54.3 Å². The summed E-state index contributed by atoms with van der Waals surface area (Å²) in [5.74, 6) is -2.12. The number of nitrogens with one attached hydrogen (secondary N) is 1. The zero-order valence-electron chi connectivity index (χ0n) is 22.8. The number of thiazole rings is 1. The minimum atomic E-state index is -4.51. The number of carbonyl (C=O) groups excluding carboxylic acids is 1. The molecule has 0 saturated carbocycles. The molecule has 1 unspecified atom stereocenters. The number of rotatable bonds is 4. The van der Waals surface area contributed by atoms with Crippen LogP contribution in [-0.2, 0) is 19.3 Å². The molecule has 1 saturated heterocycles. The molecular weight excluding hydrogens is 585 g/mol. The first-order valence-electron chi connectivity index (χ1n) is 13.8. The molecule has 4 heterocycles. The van der Waals surface area contributed by atoms with Gasteiger partial charge in [0.2, 0.25) is 0 Å². The molecule has 2 aliphatic heterocycles. The van der Waals surface area contributed by atoms with Gasteiger partial charge in [0.1, 0.15) is 5.01 Å². The van der Waals surface area contributed by atoms with Crippen molar-refractivity contribution in [2.75, 3.05) is 26.2 Å². The normalized spacial score (nSPS) is 17.0. The minimum Gasteiger partial charge on any atom is -0.336 e. The lowest BCUT2D eigenvalue weighted by atomic mass is 9.92. The second-order valence-corrected chi connectivity index (χ2v) is 11.9. The van der Waals surface area contributed by atoms with Crippen LogP contribution in [0.2, 0.25) is 5.02 Å². The fraction of sp³-hybridized carbons (Fsp3) is 0.323. The number of amides is 1. The van der Waals surface area contributed by atoms with E-state index >= 15 is 0 Å². The first kappa shape index (κ1) is 28.6. The number of fused-ring (bicyclic) bond motifs is 3. The van der Waals surface area contributed by atoms with E-state index in [0.717, 1.165) is 11.1 Å². The molecule has 0 spiro atoms. The Morgan fingerprint density at radius 1 is 1.12 bits per heavy atom. The third kappa shape index (κ3) is 5.27. The van der Waals surface area contributed by atoms with Gasteiger partial charge >= 0.3 is 6.18 Å². The number of aryl methyl sites for hydroxylation is 1. The predicted molar refractivity (Wildman–Crippen MR) is 159 cm³/mol. The van der Waals surface area contributed by atoms with Crippen LogP contribution < -0.4 is 10.9 Å². The Balaban J connectivity index is 1.62. The number of hydrogen-bond donors (Lipinski definition) is 1. The van der Waals surface area contributed by atoms with Crippen LogP contribution in [0.3, 0.4) is 0 Å². The van der Waals surface area contributed by atoms with Gasteiger partial charge in [0.25, 0.3) is 11.5 Å². The largest absolute Gasteiger partial charge is 0.392 e. The van der Waals surface area contributed by atoms with Gasteiger partial charge in [-0.15, -0.1) is 11.3 Å². The van der Waals surface area contributed by atoms with Crippen LogP contribution in [0, 0.1) is 5.92 Å². The van der Waals surface area contributed by atoms with E-state index in [0.29, 0.717) is 59.6 Å². The van der Waals surface area contributed by atoms with Crippen molar-refractivity contribution in [3.8, 4) is 27.5 Å². The average Bonchev–Trinajstić information content (AvgIpc) is 3.39. The number of nitrogens with zero attached hydrogens (tertiary/aromatic N) is 3. The third-order valence-electron chi connectivity index (χ3n) is 7.99. The number of alkyl halides is 3. The van der Waals surface area contributed by atoms with Crippen molar-refractivity contribution in [3.05, 3.63) is 91.7 Å². The van der Waals surface area contributed by atoms with Crippen LogP contribution in [0.5, 0.6) is 0 Å². The zero-order chi connectivity index (χ0) is 29.6. The van der Waals surface area contributed by atoms with E-state index in [9.17, 15) is 22.8 Å². The van der Waals surface area contributed by atoms with Crippen molar-refractivity contribution in [2.45, 2.75) is 32.4 Å². The summed E-state index contributed by atoms with van der Waals surface area (Å²) in [5, 5.41) is 5.99. The first-order valence-corrected chi connectivity index (χ1v) is 15.1. The van der Waals surface area contributed by atoms with Crippen molar-refractivity contribution >= 4 is 28.8 Å². The van der Waals surface area contributed by atoms with E-state index in [2.05, 4.69) is 5.32 Å². The lowest BCUT2D eigenvalue weighted by molar-refractivity contribution is -0.173. The summed E-state index contributed by atoms with van der Waals surface area (Å²) < 4.78 is 44.6. The Bertz CT molecular complexity index is 1710. The fourth-order valence-corrected chi connectivity index (χ4v) is 6.76. The Hall–Kier alpha value is -3.47. The van der Waals surface area contributed by atoms with Crippen LogP contribution in [0.25, 0.3) is 27.5 Å². The van der Waals surface area contributed by atoms with Crippen LogP contribution >= 0.6 is 22.9 Å². The number of hydrogen-bond acceptors (Lipinski definition) is 5. The molecule has 4 aromatic rings. The van der Waals surface area contributed by atoms with Crippen molar-refractivity contribution < 1.29 is 18.0 Å². The maximum Gasteiger partial charge on any atom is 0.392 e. The van der Waals surface area contributed by atoms with E-state index < -0.39 is 24.1 Å². The Morgan fingerprint density at radius 3 is 2.55 bits per heavy atom. The van der Waals surface area contributed by atoms with Crippen molar-refractivity contribution in [1.82, 2.24) is 19.8 Å². The van der Waals surface area contributed by atoms with Gasteiger partial charge in [-0.3, -0.25) is 14.2 Å². The molecular formula is C31H28ClF3N4O2S. The minimum absolute atomic E-state index is 0.101. The van der Waals surface area contributed by atoms with Gasteiger partial charge in [-0.25, -0.2) is 4.98 Å².